The van der Waals surface area contributed by atoms with Crippen molar-refractivity contribution in [1.29, 1.82) is 5.26 Å². The van der Waals surface area contributed by atoms with Gasteiger partial charge in [0, 0.05) is 24.8 Å². The zero-order valence-corrected chi connectivity index (χ0v) is 14.8. The molecule has 1 aliphatic rings. The van der Waals surface area contributed by atoms with Crippen LogP contribution in [0, 0.1) is 35.3 Å². The topological polar surface area (TPSA) is 72.2 Å². The maximum Gasteiger partial charge on any atom is 0.168 e. The Kier molecular flexibility index (Phi) is 5.47. The first-order valence-electron chi connectivity index (χ1n) is 8.52. The molecule has 0 atom stereocenters. The molecule has 2 heterocycles. The quantitative estimate of drug-likeness (QED) is 0.746. The zero-order valence-electron chi connectivity index (χ0n) is 14.8. The van der Waals surface area contributed by atoms with E-state index < -0.39 is 17.0 Å². The van der Waals surface area contributed by atoms with E-state index in [4.69, 9.17) is 9.47 Å². The van der Waals surface area contributed by atoms with E-state index >= 15 is 0 Å². The van der Waals surface area contributed by atoms with Crippen molar-refractivity contribution >= 4 is 6.29 Å². The molecule has 27 heavy (non-hydrogen) atoms. The third-order valence-electron chi connectivity index (χ3n) is 4.69. The van der Waals surface area contributed by atoms with Crippen LogP contribution in [0.15, 0.2) is 24.3 Å². The van der Waals surface area contributed by atoms with Gasteiger partial charge in [0.15, 0.2) is 6.29 Å². The molecule has 0 radical (unpaired) electrons. The predicted octanol–water partition coefficient (Wildman–Crippen LogP) is 3.85. The van der Waals surface area contributed by atoms with E-state index in [0.29, 0.717) is 37.9 Å². The van der Waals surface area contributed by atoms with Crippen LogP contribution in [0.3, 0.4) is 0 Å². The first-order chi connectivity index (χ1) is 13.0. The molecule has 1 aliphatic heterocycles. The summed E-state index contributed by atoms with van der Waals surface area (Å²) in [4.78, 5) is 14.8. The molecule has 1 saturated heterocycles. The maximum absolute atomic E-state index is 14.7. The molecule has 0 N–H and O–H groups in total. The van der Waals surface area contributed by atoms with E-state index in [1.54, 1.807) is 13.0 Å². The molecule has 0 unspecified atom stereocenters. The molecule has 1 aromatic carbocycles. The second-order valence-electron chi connectivity index (χ2n) is 6.57. The summed E-state index contributed by atoms with van der Waals surface area (Å²) < 4.78 is 39.8. The molecule has 3 rings (SSSR count). The van der Waals surface area contributed by atoms with E-state index in [-0.39, 0.29) is 29.3 Å². The van der Waals surface area contributed by atoms with Gasteiger partial charge in [-0.25, -0.2) is 13.8 Å². The minimum atomic E-state index is -0.720. The Balaban J connectivity index is 1.87. The lowest BCUT2D eigenvalue weighted by atomic mass is 9.83. The molecule has 0 amide bonds. The Morgan fingerprint density at radius 3 is 2.67 bits per heavy atom. The minimum Gasteiger partial charge on any atom is -0.492 e. The number of hydrogen-bond donors (Lipinski definition) is 0. The molecule has 7 heteroatoms. The van der Waals surface area contributed by atoms with Gasteiger partial charge in [0.25, 0.3) is 0 Å². The fourth-order valence-corrected chi connectivity index (χ4v) is 3.07. The Bertz CT molecular complexity index is 880. The molecule has 2 aromatic rings. The number of ether oxygens (including phenoxy) is 2. The van der Waals surface area contributed by atoms with E-state index in [2.05, 4.69) is 11.1 Å². The van der Waals surface area contributed by atoms with E-state index in [1.165, 1.54) is 6.07 Å². The van der Waals surface area contributed by atoms with Crippen LogP contribution in [0.5, 0.6) is 5.75 Å². The summed E-state index contributed by atoms with van der Waals surface area (Å²) in [5.74, 6) is -1.18. The van der Waals surface area contributed by atoms with E-state index in [0.717, 1.165) is 12.1 Å². The zero-order chi connectivity index (χ0) is 19.4. The molecule has 1 fully saturated rings. The average Bonchev–Trinajstić information content (AvgIpc) is 2.68. The highest BCUT2D eigenvalue weighted by atomic mass is 19.1. The van der Waals surface area contributed by atoms with Gasteiger partial charge >= 0.3 is 0 Å². The number of rotatable bonds is 5. The molecular weight excluding hydrogens is 354 g/mol. The lowest BCUT2D eigenvalue weighted by Crippen LogP contribution is -2.33. The van der Waals surface area contributed by atoms with Crippen LogP contribution in [0.1, 0.15) is 28.9 Å². The normalized spacial score (nSPS) is 15.8. The smallest absolute Gasteiger partial charge is 0.168 e. The highest BCUT2D eigenvalue weighted by Gasteiger charge is 2.34. The van der Waals surface area contributed by atoms with Gasteiger partial charge in [0.1, 0.15) is 35.4 Å². The van der Waals surface area contributed by atoms with Crippen molar-refractivity contribution in [2.45, 2.75) is 19.8 Å². The number of carbonyl (C=O) groups is 1. The predicted molar refractivity (Wildman–Crippen MR) is 93.3 cm³/mol. The third-order valence-corrected chi connectivity index (χ3v) is 4.69. The van der Waals surface area contributed by atoms with Crippen LogP contribution in [0.4, 0.5) is 8.78 Å². The van der Waals surface area contributed by atoms with Crippen molar-refractivity contribution in [3.05, 3.63) is 47.2 Å². The monoisotopic (exact) mass is 372 g/mol. The van der Waals surface area contributed by atoms with Crippen molar-refractivity contribution in [2.75, 3.05) is 19.8 Å². The number of aryl methyl sites for hydroxylation is 1. The number of halogens is 2. The van der Waals surface area contributed by atoms with Gasteiger partial charge in [0.05, 0.1) is 11.5 Å². The van der Waals surface area contributed by atoms with Crippen molar-refractivity contribution in [1.82, 2.24) is 4.98 Å². The fraction of sp³-hybridized carbons (Fsp3) is 0.350. The number of aldehydes is 1. The van der Waals surface area contributed by atoms with Gasteiger partial charge in [-0.05, 0) is 43.5 Å². The van der Waals surface area contributed by atoms with Gasteiger partial charge in [0.2, 0.25) is 0 Å². The maximum atomic E-state index is 14.7. The van der Waals surface area contributed by atoms with Crippen LogP contribution in [-0.2, 0) is 4.74 Å². The summed E-state index contributed by atoms with van der Waals surface area (Å²) in [6, 6.07) is 7.30. The van der Waals surface area contributed by atoms with Gasteiger partial charge in [-0.15, -0.1) is 0 Å². The van der Waals surface area contributed by atoms with Gasteiger partial charge in [-0.3, -0.25) is 4.79 Å². The van der Waals surface area contributed by atoms with Crippen LogP contribution in [0.2, 0.25) is 0 Å². The summed E-state index contributed by atoms with van der Waals surface area (Å²) in [7, 11) is 0. The largest absolute Gasteiger partial charge is 0.492 e. The number of nitriles is 1. The fourth-order valence-electron chi connectivity index (χ4n) is 3.07. The number of benzene rings is 1. The van der Waals surface area contributed by atoms with Gasteiger partial charge in [-0.2, -0.15) is 5.26 Å². The van der Waals surface area contributed by atoms with Crippen LogP contribution < -0.4 is 4.74 Å². The molecule has 0 spiro atoms. The lowest BCUT2D eigenvalue weighted by Gasteiger charge is -2.30. The molecule has 0 bridgehead atoms. The van der Waals surface area contributed by atoms with Crippen molar-refractivity contribution in [3.8, 4) is 23.1 Å². The van der Waals surface area contributed by atoms with Crippen molar-refractivity contribution < 1.29 is 23.0 Å². The molecule has 0 aliphatic carbocycles. The lowest BCUT2D eigenvalue weighted by molar-refractivity contribution is 0.0190. The Labute approximate surface area is 155 Å². The first-order valence-corrected chi connectivity index (χ1v) is 8.52. The average molecular weight is 372 g/mol. The molecule has 5 nitrogen and oxygen atoms in total. The Morgan fingerprint density at radius 2 is 2.04 bits per heavy atom. The Morgan fingerprint density at radius 1 is 1.30 bits per heavy atom. The summed E-state index contributed by atoms with van der Waals surface area (Å²) in [6.45, 7) is 2.70. The van der Waals surface area contributed by atoms with E-state index in [1.807, 2.05) is 0 Å². The second kappa shape index (κ2) is 7.80. The minimum absolute atomic E-state index is 0.0148. The standard InChI is InChI=1S/C20H18F2N2O3/c1-13-8-15(27-12-20(11-23)4-6-26-7-5-20)9-17(22)18(13)19-16(21)3-2-14(10-25)24-19/h2-3,8-10H,4-7,12H2,1H3. The number of nitrogens with zero attached hydrogens (tertiary/aromatic N) is 2. The van der Waals surface area contributed by atoms with Crippen LogP contribution in [0.25, 0.3) is 11.3 Å². The number of hydrogen-bond acceptors (Lipinski definition) is 5. The molecule has 0 saturated carbocycles. The number of pyridine rings is 1. The first kappa shape index (κ1) is 18.9. The van der Waals surface area contributed by atoms with E-state index in [9.17, 15) is 18.8 Å². The summed E-state index contributed by atoms with van der Waals surface area (Å²) in [6.07, 6.45) is 1.58. The SMILES string of the molecule is Cc1cc(OCC2(C#N)CCOCC2)cc(F)c1-c1nc(C=O)ccc1F. The Hall–Kier alpha value is -2.85. The number of aromatic nitrogens is 1. The van der Waals surface area contributed by atoms with Crippen molar-refractivity contribution in [2.24, 2.45) is 5.41 Å². The molecule has 1 aromatic heterocycles. The van der Waals surface area contributed by atoms with Gasteiger partial charge < -0.3 is 9.47 Å². The number of carbonyl (C=O) groups excluding carboxylic acids is 1. The summed E-state index contributed by atoms with van der Waals surface area (Å²) in [5, 5.41) is 9.46. The second-order valence-corrected chi connectivity index (χ2v) is 6.57. The highest BCUT2D eigenvalue weighted by molar-refractivity contribution is 5.75. The van der Waals surface area contributed by atoms with Crippen LogP contribution in [-0.4, -0.2) is 31.1 Å². The third kappa shape index (κ3) is 3.96. The molecular formula is C20H18F2N2O3. The van der Waals surface area contributed by atoms with Gasteiger partial charge in [-0.1, -0.05) is 0 Å². The highest BCUT2D eigenvalue weighted by Crippen LogP contribution is 2.34. The molecule has 140 valence electrons. The van der Waals surface area contributed by atoms with Crippen molar-refractivity contribution in [3.63, 3.8) is 0 Å². The van der Waals surface area contributed by atoms with Crippen LogP contribution >= 0.6 is 0 Å². The summed E-state index contributed by atoms with van der Waals surface area (Å²) >= 11 is 0. The summed E-state index contributed by atoms with van der Waals surface area (Å²) in [5.41, 5.74) is -0.477.